The Balaban J connectivity index is 2.01. The molecule has 4 nitrogen and oxygen atoms in total. The van der Waals surface area contributed by atoms with Gasteiger partial charge in [-0.05, 0) is 30.8 Å². The van der Waals surface area contributed by atoms with Gasteiger partial charge in [0.15, 0.2) is 0 Å². The van der Waals surface area contributed by atoms with Crippen LogP contribution in [0.15, 0.2) is 0 Å². The summed E-state index contributed by atoms with van der Waals surface area (Å²) in [6, 6.07) is 0.239. The van der Waals surface area contributed by atoms with E-state index >= 15 is 0 Å². The molecule has 1 aliphatic rings. The lowest BCUT2D eigenvalue weighted by Crippen LogP contribution is -2.42. The van der Waals surface area contributed by atoms with Crippen molar-refractivity contribution in [2.75, 3.05) is 0 Å². The molecule has 0 saturated heterocycles. The average Bonchev–Trinajstić information content (AvgIpc) is 2.80. The molecule has 0 aliphatic heterocycles. The van der Waals surface area contributed by atoms with Crippen molar-refractivity contribution in [3.8, 4) is 0 Å². The predicted octanol–water partition coefficient (Wildman–Crippen LogP) is 2.54. The molecule has 1 aromatic rings. The molecule has 2 atom stereocenters. The third-order valence-corrected chi connectivity index (χ3v) is 4.96. The number of aryl methyl sites for hydroxylation is 1. The van der Waals surface area contributed by atoms with E-state index in [1.54, 1.807) is 0 Å². The van der Waals surface area contributed by atoms with Crippen molar-refractivity contribution in [3.63, 3.8) is 0 Å². The van der Waals surface area contributed by atoms with Crippen molar-refractivity contribution >= 4 is 33.4 Å². The van der Waals surface area contributed by atoms with Gasteiger partial charge < -0.3 is 5.32 Å². The topological polar surface area (TPSA) is 54.9 Å². The van der Waals surface area contributed by atoms with E-state index in [1.807, 2.05) is 6.92 Å². The molecule has 1 amide bonds. The summed E-state index contributed by atoms with van der Waals surface area (Å²) in [5.74, 6) is -0.0202. The maximum Gasteiger partial charge on any atom is 0.265 e. The van der Waals surface area contributed by atoms with E-state index in [4.69, 9.17) is 0 Å². The molecule has 1 heterocycles. The van der Waals surface area contributed by atoms with Gasteiger partial charge in [-0.25, -0.2) is 0 Å². The summed E-state index contributed by atoms with van der Waals surface area (Å²) >= 11 is 4.82. The van der Waals surface area contributed by atoms with Crippen LogP contribution in [0.5, 0.6) is 0 Å². The summed E-state index contributed by atoms with van der Waals surface area (Å²) in [6.45, 7) is 1.99. The number of nitrogens with one attached hydrogen (secondary N) is 1. The smallest absolute Gasteiger partial charge is 0.265 e. The maximum atomic E-state index is 12.1. The van der Waals surface area contributed by atoms with Crippen molar-refractivity contribution in [2.24, 2.45) is 0 Å². The zero-order valence-corrected chi connectivity index (χ0v) is 12.2. The highest BCUT2D eigenvalue weighted by Crippen LogP contribution is 2.25. The van der Waals surface area contributed by atoms with Crippen LogP contribution in [0.4, 0.5) is 0 Å². The van der Waals surface area contributed by atoms with Crippen LogP contribution in [0, 0.1) is 0 Å². The van der Waals surface area contributed by atoms with Gasteiger partial charge in [0.05, 0.1) is 5.69 Å². The average molecular weight is 318 g/mol. The predicted molar refractivity (Wildman–Crippen MR) is 71.7 cm³/mol. The first-order chi connectivity index (χ1) is 8.22. The third-order valence-electron chi connectivity index (χ3n) is 3.09. The first kappa shape index (κ1) is 13.0. The summed E-state index contributed by atoms with van der Waals surface area (Å²) in [5.41, 5.74) is 0.800. The maximum absolute atomic E-state index is 12.1. The SMILES string of the molecule is CCc1nnsc1C(=O)NC1CCCCC1Br. The zero-order chi connectivity index (χ0) is 12.3. The number of alkyl halides is 1. The lowest BCUT2D eigenvalue weighted by atomic mass is 9.95. The van der Waals surface area contributed by atoms with Gasteiger partial charge >= 0.3 is 0 Å². The molecule has 1 N–H and O–H groups in total. The van der Waals surface area contributed by atoms with Gasteiger partial charge in [-0.1, -0.05) is 40.2 Å². The Morgan fingerprint density at radius 1 is 1.53 bits per heavy atom. The van der Waals surface area contributed by atoms with E-state index in [0.29, 0.717) is 9.70 Å². The van der Waals surface area contributed by atoms with Crippen LogP contribution in [0.3, 0.4) is 0 Å². The summed E-state index contributed by atoms with van der Waals surface area (Å²) in [7, 11) is 0. The molecule has 1 aromatic heterocycles. The van der Waals surface area contributed by atoms with Crippen LogP contribution in [0.1, 0.15) is 48.0 Å². The number of amides is 1. The molecule has 2 unspecified atom stereocenters. The molecule has 0 radical (unpaired) electrons. The molecule has 1 aliphatic carbocycles. The fraction of sp³-hybridized carbons (Fsp3) is 0.727. The van der Waals surface area contributed by atoms with Crippen molar-refractivity contribution < 1.29 is 4.79 Å². The van der Waals surface area contributed by atoms with E-state index in [0.717, 1.165) is 25.0 Å². The van der Waals surface area contributed by atoms with Crippen LogP contribution < -0.4 is 5.32 Å². The second-order valence-corrected chi connectivity index (χ2v) is 6.21. The Morgan fingerprint density at radius 3 is 3.00 bits per heavy atom. The summed E-state index contributed by atoms with van der Waals surface area (Å²) in [5, 5.41) is 7.05. The Morgan fingerprint density at radius 2 is 2.29 bits per heavy atom. The standard InChI is InChI=1S/C11H16BrN3OS/c1-2-8-10(17-15-14-8)11(16)13-9-6-4-3-5-7(9)12/h7,9H,2-6H2,1H3,(H,13,16). The van der Waals surface area contributed by atoms with Crippen LogP contribution in [-0.4, -0.2) is 26.4 Å². The van der Waals surface area contributed by atoms with E-state index in [2.05, 4.69) is 30.8 Å². The highest BCUT2D eigenvalue weighted by molar-refractivity contribution is 9.09. The number of hydrogen-bond acceptors (Lipinski definition) is 4. The van der Waals surface area contributed by atoms with Gasteiger partial charge in [-0.15, -0.1) is 5.10 Å². The molecule has 17 heavy (non-hydrogen) atoms. The van der Waals surface area contributed by atoms with Crippen LogP contribution in [0.25, 0.3) is 0 Å². The highest BCUT2D eigenvalue weighted by Gasteiger charge is 2.26. The Labute approximate surface area is 113 Å². The number of carbonyl (C=O) groups excluding carboxylic acids is 1. The summed E-state index contributed by atoms with van der Waals surface area (Å²) in [4.78, 5) is 13.2. The third kappa shape index (κ3) is 3.04. The Bertz CT molecular complexity index is 396. The molecule has 0 bridgehead atoms. The minimum atomic E-state index is -0.0202. The van der Waals surface area contributed by atoms with Crippen molar-refractivity contribution in [3.05, 3.63) is 10.6 Å². The molecule has 1 saturated carbocycles. The van der Waals surface area contributed by atoms with E-state index in [-0.39, 0.29) is 11.9 Å². The highest BCUT2D eigenvalue weighted by atomic mass is 79.9. The first-order valence-corrected chi connectivity index (χ1v) is 7.67. The van der Waals surface area contributed by atoms with Crippen LogP contribution >= 0.6 is 27.5 Å². The van der Waals surface area contributed by atoms with Gasteiger partial charge in [0.2, 0.25) is 0 Å². The number of carbonyl (C=O) groups is 1. The van der Waals surface area contributed by atoms with Crippen molar-refractivity contribution in [1.82, 2.24) is 14.9 Å². The lowest BCUT2D eigenvalue weighted by molar-refractivity contribution is 0.0933. The molecule has 2 rings (SSSR count). The molecule has 6 heteroatoms. The van der Waals surface area contributed by atoms with Crippen LogP contribution in [-0.2, 0) is 6.42 Å². The first-order valence-electron chi connectivity index (χ1n) is 5.98. The molecule has 0 spiro atoms. The van der Waals surface area contributed by atoms with Gasteiger partial charge in [-0.2, -0.15) is 0 Å². The number of hydrogen-bond donors (Lipinski definition) is 1. The van der Waals surface area contributed by atoms with Crippen molar-refractivity contribution in [2.45, 2.75) is 49.9 Å². The fourth-order valence-corrected chi connectivity index (χ4v) is 3.47. The second-order valence-electron chi connectivity index (χ2n) is 4.28. The number of rotatable bonds is 3. The van der Waals surface area contributed by atoms with Gasteiger partial charge in [0, 0.05) is 10.9 Å². The second kappa shape index (κ2) is 5.91. The minimum Gasteiger partial charge on any atom is -0.347 e. The zero-order valence-electron chi connectivity index (χ0n) is 9.78. The van der Waals surface area contributed by atoms with Crippen LogP contribution in [0.2, 0.25) is 0 Å². The molecule has 1 fully saturated rings. The van der Waals surface area contributed by atoms with E-state index < -0.39 is 0 Å². The number of aromatic nitrogens is 2. The lowest BCUT2D eigenvalue weighted by Gasteiger charge is -2.27. The number of halogens is 1. The quantitative estimate of drug-likeness (QED) is 0.872. The monoisotopic (exact) mass is 317 g/mol. The summed E-state index contributed by atoms with van der Waals surface area (Å²) in [6.07, 6.45) is 5.36. The van der Waals surface area contributed by atoms with Gasteiger partial charge in [0.25, 0.3) is 5.91 Å². The Hall–Kier alpha value is -0.490. The largest absolute Gasteiger partial charge is 0.347 e. The molecular weight excluding hydrogens is 302 g/mol. The molecule has 0 aromatic carbocycles. The Kier molecular flexibility index (Phi) is 4.50. The van der Waals surface area contributed by atoms with Gasteiger partial charge in [-0.3, -0.25) is 4.79 Å². The minimum absolute atomic E-state index is 0.0202. The normalized spacial score (nSPS) is 24.6. The number of nitrogens with zero attached hydrogens (tertiary/aromatic N) is 2. The van der Waals surface area contributed by atoms with Crippen molar-refractivity contribution in [1.29, 1.82) is 0 Å². The summed E-state index contributed by atoms with van der Waals surface area (Å²) < 4.78 is 3.85. The fourth-order valence-electron chi connectivity index (χ4n) is 2.09. The van der Waals surface area contributed by atoms with Gasteiger partial charge in [0.1, 0.15) is 4.88 Å². The van der Waals surface area contributed by atoms with E-state index in [1.165, 1.54) is 24.4 Å². The van der Waals surface area contributed by atoms with E-state index in [9.17, 15) is 4.79 Å². The molecular formula is C11H16BrN3OS. The molecule has 94 valence electrons.